The van der Waals surface area contributed by atoms with Gasteiger partial charge in [0.1, 0.15) is 6.54 Å². The highest BCUT2D eigenvalue weighted by Crippen LogP contribution is 2.08. The Balaban J connectivity index is 0.000000796. The fourth-order valence-corrected chi connectivity index (χ4v) is 2.01. The lowest BCUT2D eigenvalue weighted by Crippen LogP contribution is -2.32. The maximum absolute atomic E-state index is 9.67. The average Bonchev–Trinajstić information content (AvgIpc) is 2.42. The van der Waals surface area contributed by atoms with Crippen LogP contribution < -0.4 is 4.57 Å². The van der Waals surface area contributed by atoms with Gasteiger partial charge in [-0.25, -0.2) is 4.57 Å². The summed E-state index contributed by atoms with van der Waals surface area (Å²) in [5.74, 6) is 0. The van der Waals surface area contributed by atoms with Gasteiger partial charge in [0.25, 0.3) is 0 Å². The zero-order chi connectivity index (χ0) is 15.1. The molecule has 116 valence electrons. The van der Waals surface area contributed by atoms with Crippen LogP contribution >= 0.6 is 0 Å². The Morgan fingerprint density at radius 2 is 1.20 bits per heavy atom. The van der Waals surface area contributed by atoms with Gasteiger partial charge in [0.05, 0.1) is 0 Å². The Kier molecular flexibility index (Phi) is 13.6. The van der Waals surface area contributed by atoms with Gasteiger partial charge in [0, 0.05) is 18.6 Å². The maximum atomic E-state index is 9.67. The lowest BCUT2D eigenvalue weighted by Gasteiger charge is -2.00. The molecule has 0 fully saturated rings. The lowest BCUT2D eigenvalue weighted by atomic mass is 10.1. The molecule has 0 saturated heterocycles. The molecule has 0 N–H and O–H groups in total. The minimum Gasteiger partial charge on any atom is -0.205 e. The summed E-state index contributed by atoms with van der Waals surface area (Å²) in [6.07, 6.45) is 15.5. The third kappa shape index (κ3) is 15.0. The summed E-state index contributed by atoms with van der Waals surface area (Å²) < 4.78 is 31.3. The van der Waals surface area contributed by atoms with Crippen LogP contribution in [0.15, 0.2) is 30.6 Å². The van der Waals surface area contributed by atoms with E-state index < -0.39 is 6.68 Å². The van der Waals surface area contributed by atoms with Gasteiger partial charge in [0.15, 0.2) is 12.4 Å². The molecule has 0 aromatic carbocycles. The van der Waals surface area contributed by atoms with E-state index in [4.69, 9.17) is 0 Å². The molecule has 0 bridgehead atoms. The number of rotatable bonds is 9. The molecule has 4 heteroatoms. The quantitative estimate of drug-likeness (QED) is 0.429. The second kappa shape index (κ2) is 14.4. The molecule has 0 aliphatic rings. The highest BCUT2D eigenvalue weighted by Gasteiger charge is 1.97. The smallest absolute Gasteiger partial charge is 0.205 e. The Morgan fingerprint density at radius 1 is 0.750 bits per heavy atom. The summed E-state index contributed by atoms with van der Waals surface area (Å²) in [7, 11) is 0. The minimum atomic E-state index is -3.67. The predicted octanol–water partition coefficient (Wildman–Crippen LogP) is 5.29. The van der Waals surface area contributed by atoms with Crippen molar-refractivity contribution in [2.75, 3.05) is 0 Å². The van der Waals surface area contributed by atoms with E-state index >= 15 is 0 Å². The summed E-state index contributed by atoms with van der Waals surface area (Å²) in [6, 6.07) is 6.28. The molecule has 0 amide bonds. The first-order chi connectivity index (χ1) is 9.66. The van der Waals surface area contributed by atoms with Crippen molar-refractivity contribution in [2.45, 2.75) is 71.5 Å². The largest absolute Gasteiger partial charge is 0.379 e. The molecule has 1 rings (SSSR count). The third-order valence-electron chi connectivity index (χ3n) is 3.05. The maximum Gasteiger partial charge on any atom is 0.379 e. The SMILES string of the molecule is CCCCCCCCCC[n+]1ccccc1.FC(F)F. The van der Waals surface area contributed by atoms with Crippen molar-refractivity contribution < 1.29 is 17.7 Å². The normalized spacial score (nSPS) is 10.2. The van der Waals surface area contributed by atoms with Crippen LogP contribution in [0.2, 0.25) is 0 Å². The van der Waals surface area contributed by atoms with E-state index in [1.165, 1.54) is 57.9 Å². The van der Waals surface area contributed by atoms with Crippen molar-refractivity contribution in [1.29, 1.82) is 0 Å². The standard InChI is InChI=1S/C15H26N.CHF3/c1-2-3-4-5-6-7-8-10-13-16-14-11-9-12-15-16;2-1(3)4/h9,11-12,14-15H,2-8,10,13H2,1H3;1H/q+1;. The van der Waals surface area contributed by atoms with Crippen LogP contribution in [-0.4, -0.2) is 6.68 Å². The molecule has 0 saturated carbocycles. The molecule has 1 nitrogen and oxygen atoms in total. The van der Waals surface area contributed by atoms with Crippen molar-refractivity contribution in [2.24, 2.45) is 0 Å². The van der Waals surface area contributed by atoms with Gasteiger partial charge in [-0.2, -0.15) is 13.2 Å². The van der Waals surface area contributed by atoms with E-state index in [9.17, 15) is 13.2 Å². The second-order valence-corrected chi connectivity index (χ2v) is 4.84. The summed E-state index contributed by atoms with van der Waals surface area (Å²) in [5.41, 5.74) is 0. The topological polar surface area (TPSA) is 3.88 Å². The summed E-state index contributed by atoms with van der Waals surface area (Å²) in [6.45, 7) is -0.215. The van der Waals surface area contributed by atoms with E-state index in [2.05, 4.69) is 42.1 Å². The number of aromatic nitrogens is 1. The van der Waals surface area contributed by atoms with Crippen molar-refractivity contribution in [3.63, 3.8) is 0 Å². The molecule has 20 heavy (non-hydrogen) atoms. The van der Waals surface area contributed by atoms with Crippen molar-refractivity contribution >= 4 is 0 Å². The number of pyridine rings is 1. The number of aryl methyl sites for hydroxylation is 1. The monoisotopic (exact) mass is 290 g/mol. The van der Waals surface area contributed by atoms with Crippen LogP contribution in [0.1, 0.15) is 58.3 Å². The molecule has 1 aromatic rings. The van der Waals surface area contributed by atoms with Crippen molar-refractivity contribution in [3.8, 4) is 0 Å². The molecule has 0 spiro atoms. The molecule has 0 aliphatic heterocycles. The Labute approximate surface area is 120 Å². The van der Waals surface area contributed by atoms with Crippen LogP contribution in [0.3, 0.4) is 0 Å². The molecule has 0 aliphatic carbocycles. The highest BCUT2D eigenvalue weighted by molar-refractivity contribution is 4.83. The molecule has 0 atom stereocenters. The lowest BCUT2D eigenvalue weighted by molar-refractivity contribution is -0.697. The van der Waals surface area contributed by atoms with E-state index in [1.54, 1.807) is 0 Å². The van der Waals surface area contributed by atoms with Gasteiger partial charge >= 0.3 is 6.68 Å². The summed E-state index contributed by atoms with van der Waals surface area (Å²) in [5, 5.41) is 0. The van der Waals surface area contributed by atoms with E-state index in [1.807, 2.05) is 0 Å². The molecular formula is C16H27F3N+. The van der Waals surface area contributed by atoms with E-state index in [0.29, 0.717) is 0 Å². The fourth-order valence-electron chi connectivity index (χ4n) is 2.01. The molecular weight excluding hydrogens is 263 g/mol. The molecule has 1 heterocycles. The van der Waals surface area contributed by atoms with Gasteiger partial charge in [-0.05, 0) is 6.42 Å². The number of hydrogen-bond acceptors (Lipinski definition) is 0. The van der Waals surface area contributed by atoms with Gasteiger partial charge in [-0.1, -0.05) is 51.5 Å². The van der Waals surface area contributed by atoms with Crippen LogP contribution in [-0.2, 0) is 6.54 Å². The fraction of sp³-hybridized carbons (Fsp3) is 0.688. The average molecular weight is 290 g/mol. The number of nitrogens with zero attached hydrogens (tertiary/aromatic N) is 1. The molecule has 0 unspecified atom stereocenters. The van der Waals surface area contributed by atoms with Gasteiger partial charge < -0.3 is 0 Å². The highest BCUT2D eigenvalue weighted by atomic mass is 19.4. The molecule has 0 radical (unpaired) electrons. The van der Waals surface area contributed by atoms with Crippen molar-refractivity contribution in [3.05, 3.63) is 30.6 Å². The van der Waals surface area contributed by atoms with Crippen LogP contribution in [0.4, 0.5) is 13.2 Å². The Bertz CT molecular complexity index is 288. The predicted molar refractivity (Wildman–Crippen MR) is 76.4 cm³/mol. The number of unbranched alkanes of at least 4 members (excludes halogenated alkanes) is 7. The van der Waals surface area contributed by atoms with Crippen LogP contribution in [0.5, 0.6) is 0 Å². The Morgan fingerprint density at radius 3 is 1.70 bits per heavy atom. The first-order valence-electron chi connectivity index (χ1n) is 7.53. The van der Waals surface area contributed by atoms with Gasteiger partial charge in [-0.3, -0.25) is 0 Å². The zero-order valence-electron chi connectivity index (χ0n) is 12.4. The zero-order valence-corrected chi connectivity index (χ0v) is 12.4. The van der Waals surface area contributed by atoms with E-state index in [-0.39, 0.29) is 0 Å². The second-order valence-electron chi connectivity index (χ2n) is 4.84. The van der Waals surface area contributed by atoms with Crippen LogP contribution in [0, 0.1) is 0 Å². The van der Waals surface area contributed by atoms with Gasteiger partial charge in [0.2, 0.25) is 0 Å². The number of hydrogen-bond donors (Lipinski definition) is 0. The third-order valence-corrected chi connectivity index (χ3v) is 3.05. The number of halogens is 3. The summed E-state index contributed by atoms with van der Waals surface area (Å²) in [4.78, 5) is 0. The first kappa shape index (κ1) is 18.9. The number of alkyl halides is 3. The van der Waals surface area contributed by atoms with Crippen molar-refractivity contribution in [1.82, 2.24) is 0 Å². The van der Waals surface area contributed by atoms with Gasteiger partial charge in [-0.15, -0.1) is 0 Å². The van der Waals surface area contributed by atoms with E-state index in [0.717, 1.165) is 0 Å². The van der Waals surface area contributed by atoms with Crippen LogP contribution in [0.25, 0.3) is 0 Å². The summed E-state index contributed by atoms with van der Waals surface area (Å²) >= 11 is 0. The minimum absolute atomic E-state index is 1.18. The molecule has 1 aromatic heterocycles. The first-order valence-corrected chi connectivity index (χ1v) is 7.53. The Hall–Kier alpha value is -1.06.